The number of hydrogen-bond donors (Lipinski definition) is 2. The summed E-state index contributed by atoms with van der Waals surface area (Å²) in [6, 6.07) is 12.3. The fourth-order valence-electron chi connectivity index (χ4n) is 6.24. The molecule has 0 fully saturated rings. The number of fused-ring (bicyclic) bond motifs is 2. The van der Waals surface area contributed by atoms with Gasteiger partial charge in [0, 0.05) is 40.7 Å². The number of rotatable bonds is 20. The van der Waals surface area contributed by atoms with E-state index in [0.717, 1.165) is 34.7 Å². The zero-order valence-corrected chi connectivity index (χ0v) is 26.8. The van der Waals surface area contributed by atoms with Crippen LogP contribution in [0.5, 0.6) is 11.5 Å². The summed E-state index contributed by atoms with van der Waals surface area (Å²) in [5.74, 6) is 0.397. The molecule has 232 valence electrons. The molecule has 0 saturated carbocycles. The van der Waals surface area contributed by atoms with Gasteiger partial charge in [0.15, 0.2) is 0 Å². The lowest BCUT2D eigenvalue weighted by atomic mass is 9.98. The largest absolute Gasteiger partial charge is 0.505 e. The zero-order valence-electron chi connectivity index (χ0n) is 26.8. The van der Waals surface area contributed by atoms with E-state index in [9.17, 15) is 10.2 Å². The maximum Gasteiger partial charge on any atom is 0.145 e. The molecule has 0 radical (unpaired) electrons. The molecule has 0 amide bonds. The van der Waals surface area contributed by atoms with Crippen LogP contribution in [0.4, 0.5) is 0 Å². The first-order valence-corrected chi connectivity index (χ1v) is 17.3. The lowest BCUT2D eigenvalue weighted by Crippen LogP contribution is -1.95. The molecule has 2 aromatic carbocycles. The molecule has 4 rings (SSSR count). The third kappa shape index (κ3) is 9.95. The van der Waals surface area contributed by atoms with Gasteiger partial charge in [0.2, 0.25) is 0 Å². The lowest BCUT2D eigenvalue weighted by Gasteiger charge is -2.12. The Kier molecular flexibility index (Phi) is 13.6. The van der Waals surface area contributed by atoms with E-state index in [0.29, 0.717) is 17.5 Å². The highest BCUT2D eigenvalue weighted by Gasteiger charge is 2.14. The van der Waals surface area contributed by atoms with Gasteiger partial charge in [-0.1, -0.05) is 128 Å². The number of phenols is 2. The van der Waals surface area contributed by atoms with Crippen molar-refractivity contribution >= 4 is 21.8 Å². The number of nitrogens with zero attached hydrogens (tertiary/aromatic N) is 2. The predicted molar refractivity (Wildman–Crippen MR) is 182 cm³/mol. The van der Waals surface area contributed by atoms with E-state index in [4.69, 9.17) is 0 Å². The van der Waals surface area contributed by atoms with Gasteiger partial charge < -0.3 is 10.2 Å². The van der Waals surface area contributed by atoms with E-state index in [1.165, 1.54) is 114 Å². The summed E-state index contributed by atoms with van der Waals surface area (Å²) < 4.78 is 0. The van der Waals surface area contributed by atoms with Gasteiger partial charge in [0.25, 0.3) is 0 Å². The second kappa shape index (κ2) is 17.9. The van der Waals surface area contributed by atoms with E-state index in [-0.39, 0.29) is 11.5 Å². The van der Waals surface area contributed by atoms with Gasteiger partial charge >= 0.3 is 0 Å². The van der Waals surface area contributed by atoms with Crippen LogP contribution in [0.15, 0.2) is 48.8 Å². The van der Waals surface area contributed by atoms with Crippen LogP contribution < -0.4 is 0 Å². The Labute approximate surface area is 260 Å². The van der Waals surface area contributed by atoms with Crippen molar-refractivity contribution in [2.45, 2.75) is 136 Å². The van der Waals surface area contributed by atoms with Crippen LogP contribution in [0.3, 0.4) is 0 Å². The van der Waals surface area contributed by atoms with E-state index in [1.54, 1.807) is 0 Å². The van der Waals surface area contributed by atoms with Crippen LogP contribution in [0.25, 0.3) is 21.8 Å². The maximum absolute atomic E-state index is 11.1. The molecule has 0 atom stereocenters. The first kappa shape index (κ1) is 32.8. The third-order valence-corrected chi connectivity index (χ3v) is 8.95. The molecule has 2 aromatic heterocycles. The van der Waals surface area contributed by atoms with Gasteiger partial charge in [-0.15, -0.1) is 0 Å². The Morgan fingerprint density at radius 2 is 0.860 bits per heavy atom. The van der Waals surface area contributed by atoms with Crippen LogP contribution in [-0.4, -0.2) is 20.2 Å². The summed E-state index contributed by atoms with van der Waals surface area (Å²) in [6.07, 6.45) is 27.3. The Hall–Kier alpha value is -3.14. The Balaban J connectivity index is 1.31. The fourth-order valence-corrected chi connectivity index (χ4v) is 6.24. The average Bonchev–Trinajstić information content (AvgIpc) is 3.02. The molecule has 0 unspecified atom stereocenters. The van der Waals surface area contributed by atoms with Crippen molar-refractivity contribution in [3.8, 4) is 11.5 Å². The smallest absolute Gasteiger partial charge is 0.145 e. The summed E-state index contributed by atoms with van der Waals surface area (Å²) in [7, 11) is 0. The maximum atomic E-state index is 11.1. The number of phenolic OH excluding ortho intramolecular Hbond substituents is 2. The molecule has 0 aliphatic heterocycles. The monoisotopic (exact) mass is 582 g/mol. The molecular weight excluding hydrogens is 528 g/mol. The molecule has 0 aliphatic rings. The van der Waals surface area contributed by atoms with Crippen molar-refractivity contribution in [3.05, 3.63) is 71.0 Å². The minimum atomic E-state index is 0.198. The molecule has 0 spiro atoms. The Morgan fingerprint density at radius 3 is 1.26 bits per heavy atom. The molecule has 4 nitrogen and oxygen atoms in total. The van der Waals surface area contributed by atoms with E-state index in [2.05, 4.69) is 35.9 Å². The molecule has 4 aromatic rings. The molecule has 0 aliphatic carbocycles. The van der Waals surface area contributed by atoms with Gasteiger partial charge in [-0.05, 0) is 48.9 Å². The number of unbranched alkanes of at least 4 members (excludes halogenated alkanes) is 14. The minimum Gasteiger partial charge on any atom is -0.505 e. The first-order chi connectivity index (χ1) is 21.1. The van der Waals surface area contributed by atoms with Gasteiger partial charge in [-0.3, -0.25) is 9.97 Å². The summed E-state index contributed by atoms with van der Waals surface area (Å²) in [5.41, 5.74) is 5.23. The van der Waals surface area contributed by atoms with Crippen LogP contribution in [0.1, 0.15) is 139 Å². The highest BCUT2D eigenvalue weighted by atomic mass is 16.3. The predicted octanol–water partition coefficient (Wildman–Crippen LogP) is 11.2. The average molecular weight is 583 g/mol. The Morgan fingerprint density at radius 1 is 0.488 bits per heavy atom. The second-order valence-electron chi connectivity index (χ2n) is 12.6. The lowest BCUT2D eigenvalue weighted by molar-refractivity contribution is 0.468. The molecular formula is C39H54N2O2. The van der Waals surface area contributed by atoms with Crippen molar-refractivity contribution in [1.29, 1.82) is 0 Å². The van der Waals surface area contributed by atoms with Crippen molar-refractivity contribution in [2.75, 3.05) is 0 Å². The van der Waals surface area contributed by atoms with Crippen molar-refractivity contribution in [1.82, 2.24) is 9.97 Å². The van der Waals surface area contributed by atoms with Gasteiger partial charge in [-0.2, -0.15) is 0 Å². The standard InChI is InChI=1S/C39H54N2O2/c1-3-5-7-9-11-13-15-17-19-30-25-32-21-23-34(38(42)36(32)40-28-30)27-35-24-22-33-26-31(29-41-37(33)39(35)43)20-18-16-14-12-10-8-6-4-2/h21-26,28-29,42-43H,3-20,27H2,1-2H3. The number of benzene rings is 2. The quantitative estimate of drug-likeness (QED) is 0.102. The first-order valence-electron chi connectivity index (χ1n) is 17.3. The summed E-state index contributed by atoms with van der Waals surface area (Å²) >= 11 is 0. The number of pyridine rings is 2. The molecule has 4 heteroatoms. The summed E-state index contributed by atoms with van der Waals surface area (Å²) in [5, 5.41) is 24.1. The molecule has 2 N–H and O–H groups in total. The molecule has 2 heterocycles. The number of aromatic nitrogens is 2. The Bertz CT molecular complexity index is 1310. The number of hydrogen-bond acceptors (Lipinski definition) is 4. The van der Waals surface area contributed by atoms with Crippen molar-refractivity contribution in [3.63, 3.8) is 0 Å². The highest BCUT2D eigenvalue weighted by Crippen LogP contribution is 2.34. The minimum absolute atomic E-state index is 0.198. The van der Waals surface area contributed by atoms with E-state index in [1.807, 2.05) is 36.7 Å². The van der Waals surface area contributed by atoms with Crippen molar-refractivity contribution < 1.29 is 10.2 Å². The molecule has 0 bridgehead atoms. The molecule has 0 saturated heterocycles. The number of aromatic hydroxyl groups is 2. The highest BCUT2D eigenvalue weighted by molar-refractivity contribution is 5.88. The summed E-state index contributed by atoms with van der Waals surface area (Å²) in [4.78, 5) is 9.28. The van der Waals surface area contributed by atoms with E-state index >= 15 is 0 Å². The normalized spacial score (nSPS) is 11.6. The molecule has 43 heavy (non-hydrogen) atoms. The van der Waals surface area contributed by atoms with Crippen molar-refractivity contribution in [2.24, 2.45) is 0 Å². The SMILES string of the molecule is CCCCCCCCCCc1cnc2c(O)c(Cc3ccc4cc(CCCCCCCCCC)cnc4c3O)ccc2c1. The van der Waals surface area contributed by atoms with Crippen LogP contribution >= 0.6 is 0 Å². The fraction of sp³-hybridized carbons (Fsp3) is 0.538. The van der Waals surface area contributed by atoms with Gasteiger partial charge in [-0.25, -0.2) is 0 Å². The van der Waals surface area contributed by atoms with Crippen LogP contribution in [-0.2, 0) is 19.3 Å². The van der Waals surface area contributed by atoms with E-state index < -0.39 is 0 Å². The zero-order chi connectivity index (χ0) is 30.3. The second-order valence-corrected chi connectivity index (χ2v) is 12.6. The summed E-state index contributed by atoms with van der Waals surface area (Å²) in [6.45, 7) is 4.52. The van der Waals surface area contributed by atoms with Gasteiger partial charge in [0.05, 0.1) is 0 Å². The third-order valence-electron chi connectivity index (χ3n) is 8.95. The van der Waals surface area contributed by atoms with Crippen LogP contribution in [0, 0.1) is 0 Å². The number of aryl methyl sites for hydroxylation is 2. The topological polar surface area (TPSA) is 66.2 Å². The van der Waals surface area contributed by atoms with Gasteiger partial charge in [0.1, 0.15) is 22.5 Å². The van der Waals surface area contributed by atoms with Crippen LogP contribution in [0.2, 0.25) is 0 Å².